The highest BCUT2D eigenvalue weighted by Crippen LogP contribution is 2.28. The van der Waals surface area contributed by atoms with Gasteiger partial charge in [-0.15, -0.1) is 0 Å². The number of thioether (sulfide) groups is 1. The number of nitrogens with zero attached hydrogens (tertiary/aromatic N) is 2. The van der Waals surface area contributed by atoms with E-state index in [9.17, 15) is 0 Å². The predicted octanol–water partition coefficient (Wildman–Crippen LogP) is 2.86. The Balaban J connectivity index is 2.04. The molecule has 0 radical (unpaired) electrons. The standard InChI is InChI=1S/C22H27N5S/c23-9-7-16-3-1-5-18(13-16)20-15-21(27-22(26-20)28-12-11-25)19-6-2-4-17(14-19)8-10-24/h1-6,13-15H,7-12,23-25H2. The maximum Gasteiger partial charge on any atom is 0.188 e. The Morgan fingerprint density at radius 1 is 0.679 bits per heavy atom. The van der Waals surface area contributed by atoms with E-state index >= 15 is 0 Å². The van der Waals surface area contributed by atoms with Gasteiger partial charge in [0.1, 0.15) is 0 Å². The molecular weight excluding hydrogens is 366 g/mol. The molecule has 28 heavy (non-hydrogen) atoms. The van der Waals surface area contributed by atoms with Gasteiger partial charge in [0.2, 0.25) is 0 Å². The van der Waals surface area contributed by atoms with Gasteiger partial charge >= 0.3 is 0 Å². The quantitative estimate of drug-likeness (QED) is 0.381. The zero-order valence-electron chi connectivity index (χ0n) is 16.0. The van der Waals surface area contributed by atoms with E-state index in [-0.39, 0.29) is 0 Å². The Kier molecular flexibility index (Phi) is 7.56. The summed E-state index contributed by atoms with van der Waals surface area (Å²) >= 11 is 1.58. The Morgan fingerprint density at radius 2 is 1.21 bits per heavy atom. The second kappa shape index (κ2) is 10.3. The fourth-order valence-corrected chi connectivity index (χ4v) is 3.67. The normalized spacial score (nSPS) is 11.0. The van der Waals surface area contributed by atoms with E-state index in [0.717, 1.165) is 46.3 Å². The van der Waals surface area contributed by atoms with Crippen molar-refractivity contribution in [3.63, 3.8) is 0 Å². The Labute approximate surface area is 170 Å². The number of hydrogen-bond acceptors (Lipinski definition) is 6. The fraction of sp³-hybridized carbons (Fsp3) is 0.273. The smallest absolute Gasteiger partial charge is 0.188 e. The van der Waals surface area contributed by atoms with Crippen LogP contribution in [0.15, 0.2) is 59.8 Å². The molecule has 0 aliphatic rings. The van der Waals surface area contributed by atoms with Crippen molar-refractivity contribution in [2.45, 2.75) is 18.0 Å². The topological polar surface area (TPSA) is 104 Å². The van der Waals surface area contributed by atoms with Crippen LogP contribution >= 0.6 is 11.8 Å². The molecule has 146 valence electrons. The second-order valence-corrected chi connectivity index (χ2v) is 7.60. The number of rotatable bonds is 9. The molecule has 0 amide bonds. The molecule has 6 N–H and O–H groups in total. The third-order valence-corrected chi connectivity index (χ3v) is 5.25. The van der Waals surface area contributed by atoms with Crippen molar-refractivity contribution in [1.29, 1.82) is 0 Å². The lowest BCUT2D eigenvalue weighted by Gasteiger charge is -2.10. The molecule has 0 saturated carbocycles. The van der Waals surface area contributed by atoms with Crippen LogP contribution in [0, 0.1) is 0 Å². The molecule has 0 unspecified atom stereocenters. The van der Waals surface area contributed by atoms with E-state index in [4.69, 9.17) is 27.2 Å². The summed E-state index contributed by atoms with van der Waals surface area (Å²) < 4.78 is 0. The molecule has 2 aromatic carbocycles. The zero-order valence-corrected chi connectivity index (χ0v) is 16.8. The highest BCUT2D eigenvalue weighted by molar-refractivity contribution is 7.99. The molecule has 1 aromatic heterocycles. The van der Waals surface area contributed by atoms with Gasteiger partial charge < -0.3 is 17.2 Å². The molecule has 1 heterocycles. The van der Waals surface area contributed by atoms with Gasteiger partial charge in [0.15, 0.2) is 5.16 Å². The fourth-order valence-electron chi connectivity index (χ4n) is 3.04. The molecule has 3 rings (SSSR count). The first-order chi connectivity index (χ1) is 13.7. The van der Waals surface area contributed by atoms with E-state index in [0.29, 0.717) is 19.6 Å². The van der Waals surface area contributed by atoms with Crippen molar-refractivity contribution >= 4 is 11.8 Å². The van der Waals surface area contributed by atoms with E-state index in [1.807, 2.05) is 0 Å². The number of benzene rings is 2. The van der Waals surface area contributed by atoms with Gasteiger partial charge in [-0.05, 0) is 55.3 Å². The average Bonchev–Trinajstić information content (AvgIpc) is 2.73. The summed E-state index contributed by atoms with van der Waals surface area (Å²) in [5.74, 6) is 0.781. The van der Waals surface area contributed by atoms with Crippen LogP contribution in [0.25, 0.3) is 22.5 Å². The minimum atomic E-state index is 0.589. The van der Waals surface area contributed by atoms with Crippen LogP contribution in [0.3, 0.4) is 0 Å². The second-order valence-electron chi connectivity index (χ2n) is 6.54. The van der Waals surface area contributed by atoms with Crippen LogP contribution in [0.5, 0.6) is 0 Å². The van der Waals surface area contributed by atoms with Gasteiger partial charge in [0.05, 0.1) is 11.4 Å². The molecule has 0 fully saturated rings. The number of aromatic nitrogens is 2. The minimum absolute atomic E-state index is 0.589. The summed E-state index contributed by atoms with van der Waals surface area (Å²) in [6.07, 6.45) is 1.70. The van der Waals surface area contributed by atoms with Crippen LogP contribution in [0.1, 0.15) is 11.1 Å². The van der Waals surface area contributed by atoms with E-state index in [1.54, 1.807) is 11.8 Å². The monoisotopic (exact) mass is 393 g/mol. The van der Waals surface area contributed by atoms with Crippen LogP contribution < -0.4 is 17.2 Å². The van der Waals surface area contributed by atoms with E-state index in [1.165, 1.54) is 11.1 Å². The Morgan fingerprint density at radius 3 is 1.68 bits per heavy atom. The Bertz CT molecular complexity index is 845. The van der Waals surface area contributed by atoms with Gasteiger partial charge in [0.25, 0.3) is 0 Å². The number of nitrogens with two attached hydrogens (primary N) is 3. The molecule has 0 spiro atoms. The maximum atomic E-state index is 5.72. The predicted molar refractivity (Wildman–Crippen MR) is 118 cm³/mol. The molecule has 0 aliphatic carbocycles. The van der Waals surface area contributed by atoms with Crippen LogP contribution in [0.2, 0.25) is 0 Å². The van der Waals surface area contributed by atoms with Crippen molar-refractivity contribution in [1.82, 2.24) is 9.97 Å². The first-order valence-electron chi connectivity index (χ1n) is 9.54. The number of hydrogen-bond donors (Lipinski definition) is 3. The lowest BCUT2D eigenvalue weighted by atomic mass is 10.0. The molecule has 0 saturated heterocycles. The zero-order chi connectivity index (χ0) is 19.8. The third kappa shape index (κ3) is 5.39. The summed E-state index contributed by atoms with van der Waals surface area (Å²) in [6.45, 7) is 1.85. The third-order valence-electron chi connectivity index (χ3n) is 4.37. The van der Waals surface area contributed by atoms with E-state index in [2.05, 4.69) is 54.6 Å². The van der Waals surface area contributed by atoms with Crippen LogP contribution in [-0.4, -0.2) is 35.4 Å². The van der Waals surface area contributed by atoms with Gasteiger partial charge in [-0.1, -0.05) is 48.2 Å². The van der Waals surface area contributed by atoms with Crippen molar-refractivity contribution < 1.29 is 0 Å². The summed E-state index contributed by atoms with van der Waals surface area (Å²) in [5.41, 5.74) is 23.5. The molecule has 5 nitrogen and oxygen atoms in total. The summed E-state index contributed by atoms with van der Waals surface area (Å²) in [6, 6.07) is 18.8. The minimum Gasteiger partial charge on any atom is -0.330 e. The largest absolute Gasteiger partial charge is 0.330 e. The molecular formula is C22H27N5S. The molecule has 0 atom stereocenters. The van der Waals surface area contributed by atoms with Crippen molar-refractivity contribution in [2.24, 2.45) is 17.2 Å². The molecule has 6 heteroatoms. The molecule has 0 bridgehead atoms. The first-order valence-corrected chi connectivity index (χ1v) is 10.5. The van der Waals surface area contributed by atoms with Crippen LogP contribution in [-0.2, 0) is 12.8 Å². The lowest BCUT2D eigenvalue weighted by Crippen LogP contribution is -2.04. The van der Waals surface area contributed by atoms with Gasteiger partial charge in [0, 0.05) is 23.4 Å². The van der Waals surface area contributed by atoms with Gasteiger partial charge in [-0.3, -0.25) is 0 Å². The maximum absolute atomic E-state index is 5.72. The Hall–Kier alpha value is -2.25. The van der Waals surface area contributed by atoms with E-state index < -0.39 is 0 Å². The SMILES string of the molecule is NCCSc1nc(-c2cccc(CCN)c2)cc(-c2cccc(CCN)c2)n1. The average molecular weight is 394 g/mol. The highest BCUT2D eigenvalue weighted by atomic mass is 32.2. The van der Waals surface area contributed by atoms with Crippen LogP contribution in [0.4, 0.5) is 0 Å². The summed E-state index contributed by atoms with van der Waals surface area (Å²) in [4.78, 5) is 9.54. The van der Waals surface area contributed by atoms with Gasteiger partial charge in [-0.25, -0.2) is 9.97 Å². The lowest BCUT2D eigenvalue weighted by molar-refractivity contribution is 0.959. The molecule has 3 aromatic rings. The summed E-state index contributed by atoms with van der Waals surface area (Å²) in [7, 11) is 0. The highest BCUT2D eigenvalue weighted by Gasteiger charge is 2.10. The van der Waals surface area contributed by atoms with Crippen molar-refractivity contribution in [2.75, 3.05) is 25.4 Å². The summed E-state index contributed by atoms with van der Waals surface area (Å²) in [5, 5.41) is 0.742. The van der Waals surface area contributed by atoms with Gasteiger partial charge in [-0.2, -0.15) is 0 Å². The first kappa shape index (κ1) is 20.5. The van der Waals surface area contributed by atoms with Crippen molar-refractivity contribution in [3.8, 4) is 22.5 Å². The molecule has 0 aliphatic heterocycles. The van der Waals surface area contributed by atoms with Crippen molar-refractivity contribution in [3.05, 3.63) is 65.7 Å².